The maximum absolute atomic E-state index is 5.40. The molecule has 0 amide bonds. The highest BCUT2D eigenvalue weighted by Crippen LogP contribution is 2.31. The lowest BCUT2D eigenvalue weighted by Gasteiger charge is -2.17. The van der Waals surface area contributed by atoms with Gasteiger partial charge in [0.25, 0.3) is 0 Å². The Balaban J connectivity index is 2.08. The maximum atomic E-state index is 5.40. The lowest BCUT2D eigenvalue weighted by atomic mass is 10.0. The molecule has 0 radical (unpaired) electrons. The Labute approximate surface area is 126 Å². The van der Waals surface area contributed by atoms with E-state index < -0.39 is 0 Å². The number of hydrogen-bond acceptors (Lipinski definition) is 3. The molecule has 112 valence electrons. The quantitative estimate of drug-likeness (QED) is 0.910. The van der Waals surface area contributed by atoms with Crippen molar-refractivity contribution in [3.63, 3.8) is 0 Å². The van der Waals surface area contributed by atoms with E-state index in [2.05, 4.69) is 31.3 Å². The third kappa shape index (κ3) is 2.75. The molecule has 0 saturated carbocycles. The minimum absolute atomic E-state index is 0.538. The van der Waals surface area contributed by atoms with Gasteiger partial charge in [0, 0.05) is 23.7 Å². The lowest BCUT2D eigenvalue weighted by Crippen LogP contribution is -2.25. The van der Waals surface area contributed by atoms with Gasteiger partial charge in [-0.05, 0) is 61.9 Å². The molecule has 1 unspecified atom stereocenters. The zero-order valence-corrected chi connectivity index (χ0v) is 13.2. The van der Waals surface area contributed by atoms with Crippen LogP contribution < -0.4 is 10.1 Å². The zero-order chi connectivity index (χ0) is 14.8. The van der Waals surface area contributed by atoms with Crippen molar-refractivity contribution in [3.8, 4) is 5.75 Å². The summed E-state index contributed by atoms with van der Waals surface area (Å²) in [7, 11) is 1.72. The third-order valence-corrected chi connectivity index (χ3v) is 4.58. The van der Waals surface area contributed by atoms with E-state index in [9.17, 15) is 0 Å². The monoisotopic (exact) mass is 284 g/mol. The van der Waals surface area contributed by atoms with Gasteiger partial charge in [-0.15, -0.1) is 0 Å². The highest BCUT2D eigenvalue weighted by Gasteiger charge is 2.19. The second-order valence-electron chi connectivity index (χ2n) is 5.94. The van der Waals surface area contributed by atoms with Gasteiger partial charge in [-0.1, -0.05) is 6.92 Å². The fourth-order valence-corrected chi connectivity index (χ4v) is 3.09. The number of nitrogens with one attached hydrogen (secondary N) is 1. The van der Waals surface area contributed by atoms with Gasteiger partial charge in [-0.3, -0.25) is 4.98 Å². The number of rotatable bonds is 5. The number of aryl methyl sites for hydroxylation is 1. The molecule has 0 aliphatic heterocycles. The summed E-state index contributed by atoms with van der Waals surface area (Å²) in [5.41, 5.74) is 5.28. The summed E-state index contributed by atoms with van der Waals surface area (Å²) in [5, 5.41) is 4.88. The minimum Gasteiger partial charge on any atom is -0.497 e. The van der Waals surface area contributed by atoms with Crippen LogP contribution in [0, 0.1) is 0 Å². The number of methoxy groups -OCH3 is 1. The molecule has 0 spiro atoms. The number of fused-ring (bicyclic) bond motifs is 2. The van der Waals surface area contributed by atoms with Gasteiger partial charge < -0.3 is 10.1 Å². The van der Waals surface area contributed by atoms with Crippen molar-refractivity contribution in [2.75, 3.05) is 7.11 Å². The predicted molar refractivity (Wildman–Crippen MR) is 86.9 cm³/mol. The minimum atomic E-state index is 0.538. The molecule has 1 heterocycles. The molecule has 2 aromatic rings. The molecule has 21 heavy (non-hydrogen) atoms. The molecule has 0 saturated heterocycles. The number of hydrogen-bond donors (Lipinski definition) is 1. The molecular weight excluding hydrogens is 260 g/mol. The Morgan fingerprint density at radius 2 is 2.19 bits per heavy atom. The van der Waals surface area contributed by atoms with Crippen LogP contribution in [0.3, 0.4) is 0 Å². The number of nitrogens with zero attached hydrogens (tertiary/aromatic N) is 1. The average Bonchev–Trinajstić information content (AvgIpc) is 2.98. The Morgan fingerprint density at radius 1 is 1.33 bits per heavy atom. The Morgan fingerprint density at radius 3 is 2.95 bits per heavy atom. The molecule has 3 rings (SSSR count). The second-order valence-corrected chi connectivity index (χ2v) is 5.94. The molecule has 1 aliphatic rings. The second kappa shape index (κ2) is 6.02. The molecular formula is C18H24N2O. The fraction of sp³-hybridized carbons (Fsp3) is 0.500. The normalized spacial score (nSPS) is 15.2. The van der Waals surface area contributed by atoms with E-state index in [0.717, 1.165) is 37.1 Å². The number of benzene rings is 1. The van der Waals surface area contributed by atoms with Crippen molar-refractivity contribution < 1.29 is 4.74 Å². The summed E-state index contributed by atoms with van der Waals surface area (Å²) in [5.74, 6) is 0.909. The predicted octanol–water partition coefficient (Wildman–Crippen LogP) is 3.62. The van der Waals surface area contributed by atoms with E-state index in [4.69, 9.17) is 9.72 Å². The summed E-state index contributed by atoms with van der Waals surface area (Å²) >= 11 is 0. The summed E-state index contributed by atoms with van der Waals surface area (Å²) < 4.78 is 5.40. The van der Waals surface area contributed by atoms with Crippen LogP contribution >= 0.6 is 0 Å². The molecule has 3 heteroatoms. The van der Waals surface area contributed by atoms with Gasteiger partial charge >= 0.3 is 0 Å². The summed E-state index contributed by atoms with van der Waals surface area (Å²) in [6.07, 6.45) is 4.65. The van der Waals surface area contributed by atoms with Crippen LogP contribution in [0.4, 0.5) is 0 Å². The van der Waals surface area contributed by atoms with Gasteiger partial charge in [0.05, 0.1) is 12.6 Å². The van der Waals surface area contributed by atoms with Crippen LogP contribution in [0.1, 0.15) is 43.5 Å². The summed E-state index contributed by atoms with van der Waals surface area (Å²) in [4.78, 5) is 4.86. The third-order valence-electron chi connectivity index (χ3n) is 4.58. The van der Waals surface area contributed by atoms with Crippen LogP contribution in [-0.4, -0.2) is 18.1 Å². The van der Waals surface area contributed by atoms with Crippen LogP contribution in [0.2, 0.25) is 0 Å². The highest BCUT2D eigenvalue weighted by molar-refractivity contribution is 5.85. The van der Waals surface area contributed by atoms with Gasteiger partial charge in [-0.25, -0.2) is 0 Å². The van der Waals surface area contributed by atoms with E-state index in [0.29, 0.717) is 6.04 Å². The van der Waals surface area contributed by atoms with Crippen LogP contribution in [-0.2, 0) is 19.4 Å². The summed E-state index contributed by atoms with van der Waals surface area (Å²) in [6, 6.07) is 6.76. The van der Waals surface area contributed by atoms with Gasteiger partial charge in [0.2, 0.25) is 0 Å². The molecule has 1 atom stereocenters. The average molecular weight is 284 g/mol. The first-order valence-electron chi connectivity index (χ1n) is 7.94. The lowest BCUT2D eigenvalue weighted by molar-refractivity contribution is 0.415. The number of ether oxygens (including phenoxy) is 1. The topological polar surface area (TPSA) is 34.2 Å². The largest absolute Gasteiger partial charge is 0.497 e. The van der Waals surface area contributed by atoms with E-state index in [-0.39, 0.29) is 0 Å². The molecule has 0 fully saturated rings. The highest BCUT2D eigenvalue weighted by atomic mass is 16.5. The first-order chi connectivity index (χ1) is 10.2. The first kappa shape index (κ1) is 14.3. The summed E-state index contributed by atoms with van der Waals surface area (Å²) in [6.45, 7) is 5.38. The standard InChI is InChI=1S/C18H24N2O/c1-4-12(2)19-11-16-14-6-5-7-17(14)20-18-9-8-13(21-3)10-15(16)18/h8-10,12,19H,4-7,11H2,1-3H3. The van der Waals surface area contributed by atoms with Crippen molar-refractivity contribution in [3.05, 3.63) is 35.0 Å². The maximum Gasteiger partial charge on any atom is 0.119 e. The van der Waals surface area contributed by atoms with Crippen molar-refractivity contribution in [1.82, 2.24) is 10.3 Å². The molecule has 1 aliphatic carbocycles. The number of aromatic nitrogens is 1. The van der Waals surface area contributed by atoms with E-state index in [1.54, 1.807) is 7.11 Å². The van der Waals surface area contributed by atoms with Crippen molar-refractivity contribution in [1.29, 1.82) is 0 Å². The first-order valence-corrected chi connectivity index (χ1v) is 7.94. The van der Waals surface area contributed by atoms with E-state index >= 15 is 0 Å². The molecule has 0 bridgehead atoms. The molecule has 1 aromatic heterocycles. The van der Waals surface area contributed by atoms with E-state index in [1.807, 2.05) is 6.07 Å². The smallest absolute Gasteiger partial charge is 0.119 e. The van der Waals surface area contributed by atoms with Crippen LogP contribution in [0.25, 0.3) is 10.9 Å². The van der Waals surface area contributed by atoms with Gasteiger partial charge in [0.1, 0.15) is 5.75 Å². The van der Waals surface area contributed by atoms with Gasteiger partial charge in [-0.2, -0.15) is 0 Å². The molecule has 1 aromatic carbocycles. The zero-order valence-electron chi connectivity index (χ0n) is 13.2. The number of pyridine rings is 1. The van der Waals surface area contributed by atoms with E-state index in [1.165, 1.54) is 28.6 Å². The Kier molecular flexibility index (Phi) is 4.11. The van der Waals surface area contributed by atoms with Crippen LogP contribution in [0.5, 0.6) is 5.75 Å². The SMILES string of the molecule is CCC(C)NCc1c2c(nc3ccc(OC)cc13)CCC2. The van der Waals surface area contributed by atoms with Gasteiger partial charge in [0.15, 0.2) is 0 Å². The van der Waals surface area contributed by atoms with Crippen molar-refractivity contribution >= 4 is 10.9 Å². The van der Waals surface area contributed by atoms with Crippen LogP contribution in [0.15, 0.2) is 18.2 Å². The van der Waals surface area contributed by atoms with Crippen molar-refractivity contribution in [2.45, 2.75) is 52.1 Å². The molecule has 3 nitrogen and oxygen atoms in total. The Hall–Kier alpha value is -1.61. The molecule has 1 N–H and O–H groups in total. The van der Waals surface area contributed by atoms with Crippen molar-refractivity contribution in [2.24, 2.45) is 0 Å². The Bertz CT molecular complexity index is 651. The fourth-order valence-electron chi connectivity index (χ4n) is 3.09.